The second kappa shape index (κ2) is 10.7. The first-order valence-electron chi connectivity index (χ1n) is 12.2. The Bertz CT molecular complexity index is 892. The zero-order chi connectivity index (χ0) is 22.6. The maximum absolute atomic E-state index is 11.1. The molecule has 0 radical (unpaired) electrons. The van der Waals surface area contributed by atoms with Gasteiger partial charge in [-0.2, -0.15) is 0 Å². The third-order valence-electron chi connectivity index (χ3n) is 7.93. The van der Waals surface area contributed by atoms with Crippen molar-refractivity contribution in [2.45, 2.75) is 63.9 Å². The molecule has 1 atom stereocenters. The van der Waals surface area contributed by atoms with Crippen molar-refractivity contribution in [3.63, 3.8) is 0 Å². The fraction of sp³-hybridized carbons (Fsp3) is 0.654. The maximum Gasteiger partial charge on any atom is 0.119 e. The summed E-state index contributed by atoms with van der Waals surface area (Å²) in [6.45, 7) is 3.45. The molecular formula is C26H37ClN2O3. The van der Waals surface area contributed by atoms with Crippen LogP contribution < -0.4 is 4.74 Å². The lowest BCUT2D eigenvalue weighted by atomic mass is 9.74. The molecule has 6 heteroatoms. The first-order valence-corrected chi connectivity index (χ1v) is 12.5. The average Bonchev–Trinajstić information content (AvgIpc) is 3.35. The first-order chi connectivity index (χ1) is 15.5. The highest BCUT2D eigenvalue weighted by molar-refractivity contribution is 6.32. The van der Waals surface area contributed by atoms with E-state index < -0.39 is 6.10 Å². The Kier molecular flexibility index (Phi) is 7.93. The number of aromatic nitrogens is 1. The van der Waals surface area contributed by atoms with Gasteiger partial charge in [-0.05, 0) is 81.3 Å². The van der Waals surface area contributed by atoms with Crippen molar-refractivity contribution in [1.82, 2.24) is 9.88 Å². The highest BCUT2D eigenvalue weighted by atomic mass is 35.5. The van der Waals surface area contributed by atoms with Gasteiger partial charge < -0.3 is 19.8 Å². The van der Waals surface area contributed by atoms with Gasteiger partial charge in [-0.3, -0.25) is 4.98 Å². The molecule has 1 aliphatic heterocycles. The van der Waals surface area contributed by atoms with E-state index in [4.69, 9.17) is 16.3 Å². The summed E-state index contributed by atoms with van der Waals surface area (Å²) in [4.78, 5) is 6.96. The molecular weight excluding hydrogens is 424 g/mol. The van der Waals surface area contributed by atoms with Crippen LogP contribution in [0.1, 0.15) is 69.5 Å². The van der Waals surface area contributed by atoms with Gasteiger partial charge in [0.05, 0.1) is 23.8 Å². The van der Waals surface area contributed by atoms with Gasteiger partial charge in [0.25, 0.3) is 0 Å². The highest BCUT2D eigenvalue weighted by Gasteiger charge is 2.35. The Morgan fingerprint density at radius 1 is 1.25 bits per heavy atom. The van der Waals surface area contributed by atoms with Crippen LogP contribution in [0.15, 0.2) is 24.4 Å². The molecule has 4 rings (SSSR count). The first kappa shape index (κ1) is 23.7. The summed E-state index contributed by atoms with van der Waals surface area (Å²) < 4.78 is 5.36. The fourth-order valence-corrected chi connectivity index (χ4v) is 5.90. The highest BCUT2D eigenvalue weighted by Crippen LogP contribution is 2.40. The number of rotatable bonds is 9. The normalized spacial score (nSPS) is 20.6. The second-order valence-electron chi connectivity index (χ2n) is 9.90. The van der Waals surface area contributed by atoms with Gasteiger partial charge in [0.15, 0.2) is 0 Å². The third-order valence-corrected chi connectivity index (χ3v) is 8.23. The monoisotopic (exact) mass is 460 g/mol. The van der Waals surface area contributed by atoms with Crippen LogP contribution in [0.2, 0.25) is 5.02 Å². The number of nitrogens with zero attached hydrogens (tertiary/aromatic N) is 2. The Morgan fingerprint density at radius 2 is 2.00 bits per heavy atom. The number of aliphatic hydroxyl groups is 2. The van der Waals surface area contributed by atoms with Crippen LogP contribution in [0.5, 0.6) is 5.75 Å². The summed E-state index contributed by atoms with van der Waals surface area (Å²) in [7, 11) is 1.63. The van der Waals surface area contributed by atoms with E-state index in [0.29, 0.717) is 22.8 Å². The molecule has 1 aliphatic carbocycles. The Balaban J connectivity index is 1.37. The van der Waals surface area contributed by atoms with Gasteiger partial charge in [0.1, 0.15) is 5.75 Å². The number of methoxy groups -OCH3 is 1. The number of halogens is 1. The summed E-state index contributed by atoms with van der Waals surface area (Å²) in [5.74, 6) is 1.64. The van der Waals surface area contributed by atoms with Crippen LogP contribution in [-0.2, 0) is 0 Å². The standard InChI is InChI=1S/C26H37ClN2O3/c1-32-20-6-7-23-21(16-20)25(22(27)17-28-23)24(31)8-10-26(18-30)11-14-29(15-12-26)13-9-19-4-2-3-5-19/h6-7,16-17,19,24,30-31H,2-5,8-15,18H2,1H3/t24-/m0/s1. The summed E-state index contributed by atoms with van der Waals surface area (Å²) in [5, 5.41) is 22.7. The maximum atomic E-state index is 11.1. The van der Waals surface area contributed by atoms with E-state index in [1.807, 2.05) is 18.2 Å². The van der Waals surface area contributed by atoms with Crippen molar-refractivity contribution in [1.29, 1.82) is 0 Å². The van der Waals surface area contributed by atoms with Crippen molar-refractivity contribution in [3.8, 4) is 5.75 Å². The topological polar surface area (TPSA) is 65.8 Å². The number of likely N-dealkylation sites (tertiary alicyclic amines) is 1. The predicted molar refractivity (Wildman–Crippen MR) is 129 cm³/mol. The van der Waals surface area contributed by atoms with Crippen LogP contribution in [0.25, 0.3) is 10.9 Å². The smallest absolute Gasteiger partial charge is 0.119 e. The van der Waals surface area contributed by atoms with Crippen LogP contribution >= 0.6 is 11.6 Å². The van der Waals surface area contributed by atoms with E-state index >= 15 is 0 Å². The molecule has 1 saturated heterocycles. The van der Waals surface area contributed by atoms with Gasteiger partial charge in [-0.15, -0.1) is 0 Å². The lowest BCUT2D eigenvalue weighted by Crippen LogP contribution is -2.42. The molecule has 1 aromatic heterocycles. The molecule has 0 amide bonds. The summed E-state index contributed by atoms with van der Waals surface area (Å²) in [5.41, 5.74) is 1.38. The molecule has 0 spiro atoms. The van der Waals surface area contributed by atoms with E-state index in [-0.39, 0.29) is 12.0 Å². The van der Waals surface area contributed by atoms with Gasteiger partial charge in [0, 0.05) is 23.8 Å². The molecule has 2 N–H and O–H groups in total. The van der Waals surface area contributed by atoms with Gasteiger partial charge in [-0.25, -0.2) is 0 Å². The van der Waals surface area contributed by atoms with E-state index in [9.17, 15) is 10.2 Å². The fourth-order valence-electron chi connectivity index (χ4n) is 5.62. The number of pyridine rings is 1. The molecule has 1 saturated carbocycles. The van der Waals surface area contributed by atoms with Gasteiger partial charge >= 0.3 is 0 Å². The van der Waals surface area contributed by atoms with E-state index in [0.717, 1.165) is 49.2 Å². The SMILES string of the molecule is COc1ccc2ncc(Cl)c([C@@H](O)CCC3(CO)CCN(CCC4CCCC4)CC3)c2c1. The number of ether oxygens (including phenoxy) is 1. The molecule has 32 heavy (non-hydrogen) atoms. The molecule has 0 bridgehead atoms. The summed E-state index contributed by atoms with van der Waals surface area (Å²) in [6, 6.07) is 5.63. The summed E-state index contributed by atoms with van der Waals surface area (Å²) >= 11 is 6.47. The number of aliphatic hydroxyl groups excluding tert-OH is 2. The molecule has 2 heterocycles. The van der Waals surface area contributed by atoms with Crippen molar-refractivity contribution >= 4 is 22.5 Å². The molecule has 5 nitrogen and oxygen atoms in total. The predicted octanol–water partition coefficient (Wildman–Crippen LogP) is 5.37. The van der Waals surface area contributed by atoms with Crippen molar-refractivity contribution in [2.24, 2.45) is 11.3 Å². The summed E-state index contributed by atoms with van der Waals surface area (Å²) in [6.07, 6.45) is 11.2. The minimum absolute atomic E-state index is 0.113. The second-order valence-corrected chi connectivity index (χ2v) is 10.3. The zero-order valence-electron chi connectivity index (χ0n) is 19.2. The number of hydrogen-bond acceptors (Lipinski definition) is 5. The molecule has 0 unspecified atom stereocenters. The molecule has 2 fully saturated rings. The van der Waals surface area contributed by atoms with Gasteiger partial charge in [0.2, 0.25) is 0 Å². The Morgan fingerprint density at radius 3 is 2.69 bits per heavy atom. The van der Waals surface area contributed by atoms with Gasteiger partial charge in [-0.1, -0.05) is 37.3 Å². The van der Waals surface area contributed by atoms with Crippen molar-refractivity contribution < 1.29 is 14.9 Å². The quantitative estimate of drug-likeness (QED) is 0.527. The largest absolute Gasteiger partial charge is 0.497 e. The van der Waals surface area contributed by atoms with Crippen LogP contribution in [0.3, 0.4) is 0 Å². The molecule has 2 aliphatic rings. The molecule has 2 aromatic rings. The number of piperidine rings is 1. The lowest BCUT2D eigenvalue weighted by Gasteiger charge is -2.41. The van der Waals surface area contributed by atoms with Crippen LogP contribution in [0.4, 0.5) is 0 Å². The Hall–Kier alpha value is -1.40. The van der Waals surface area contributed by atoms with E-state index in [2.05, 4.69) is 9.88 Å². The minimum Gasteiger partial charge on any atom is -0.497 e. The Labute approximate surface area is 196 Å². The molecule has 1 aromatic carbocycles. The zero-order valence-corrected chi connectivity index (χ0v) is 20.0. The van der Waals surface area contributed by atoms with Crippen LogP contribution in [-0.4, -0.2) is 53.4 Å². The number of hydrogen-bond donors (Lipinski definition) is 2. The third kappa shape index (κ3) is 5.39. The van der Waals surface area contributed by atoms with Crippen LogP contribution in [0, 0.1) is 11.3 Å². The van der Waals surface area contributed by atoms with E-state index in [1.54, 1.807) is 13.3 Å². The minimum atomic E-state index is -0.705. The van der Waals surface area contributed by atoms with E-state index in [1.165, 1.54) is 38.6 Å². The molecule has 176 valence electrons. The number of fused-ring (bicyclic) bond motifs is 1. The van der Waals surface area contributed by atoms with Crippen molar-refractivity contribution in [2.75, 3.05) is 33.4 Å². The lowest BCUT2D eigenvalue weighted by molar-refractivity contribution is 0.0223. The number of benzene rings is 1. The average molecular weight is 461 g/mol. The van der Waals surface area contributed by atoms with Crippen molar-refractivity contribution in [3.05, 3.63) is 35.0 Å².